The zero-order valence-electron chi connectivity index (χ0n) is 32.6. The molecule has 60 heavy (non-hydrogen) atoms. The molecule has 0 aliphatic rings. The highest BCUT2D eigenvalue weighted by Crippen LogP contribution is 2.40. The van der Waals surface area contributed by atoms with E-state index in [1.807, 2.05) is 12.1 Å². The normalized spacial score (nSPS) is 11.7. The first kappa shape index (κ1) is 34.0. The number of nitrogens with zero attached hydrogens (tertiary/aromatic N) is 4. The molecular weight excluding hydrogens is 729 g/mol. The van der Waals surface area contributed by atoms with Crippen LogP contribution in [0, 0.1) is 0 Å². The second-order valence-corrected chi connectivity index (χ2v) is 15.4. The Balaban J connectivity index is 1.06. The van der Waals surface area contributed by atoms with Crippen molar-refractivity contribution < 1.29 is 0 Å². The Kier molecular flexibility index (Phi) is 7.82. The second kappa shape index (κ2) is 13.8. The third kappa shape index (κ3) is 5.53. The predicted molar refractivity (Wildman–Crippen MR) is 250 cm³/mol. The van der Waals surface area contributed by atoms with E-state index < -0.39 is 0 Å². The molecule has 0 unspecified atom stereocenters. The van der Waals surface area contributed by atoms with Gasteiger partial charge < -0.3 is 4.57 Å². The molecule has 0 aliphatic carbocycles. The van der Waals surface area contributed by atoms with Crippen LogP contribution in [0.4, 0.5) is 0 Å². The van der Waals surface area contributed by atoms with E-state index in [1.165, 1.54) is 44.1 Å². The van der Waals surface area contributed by atoms with E-state index in [0.717, 1.165) is 60.8 Å². The van der Waals surface area contributed by atoms with Crippen molar-refractivity contribution in [3.05, 3.63) is 218 Å². The molecule has 0 N–H and O–H groups in total. The molecule has 4 nitrogen and oxygen atoms in total. The summed E-state index contributed by atoms with van der Waals surface area (Å²) < 4.78 is 4.66. The third-order valence-corrected chi connectivity index (χ3v) is 11.9. The quantitative estimate of drug-likeness (QED) is 0.169. The van der Waals surface area contributed by atoms with Crippen LogP contribution < -0.4 is 0 Å². The first-order valence-electron chi connectivity index (χ1n) is 20.4. The number of aromatic nitrogens is 4. The van der Waals surface area contributed by atoms with Gasteiger partial charge in [-0.25, -0.2) is 9.97 Å². The van der Waals surface area contributed by atoms with Gasteiger partial charge in [0.2, 0.25) is 5.95 Å². The highest BCUT2D eigenvalue weighted by atomic mass is 15.2. The van der Waals surface area contributed by atoms with Crippen LogP contribution in [0.3, 0.4) is 0 Å². The molecular formula is C56H36N4. The predicted octanol–water partition coefficient (Wildman–Crippen LogP) is 14.5. The largest absolute Gasteiger partial charge is 0.309 e. The molecule has 0 saturated heterocycles. The Morgan fingerprint density at radius 1 is 0.267 bits per heavy atom. The molecule has 0 bridgehead atoms. The van der Waals surface area contributed by atoms with Crippen molar-refractivity contribution in [2.45, 2.75) is 0 Å². The summed E-state index contributed by atoms with van der Waals surface area (Å²) in [6.45, 7) is 0. The zero-order chi connectivity index (χ0) is 39.6. The van der Waals surface area contributed by atoms with E-state index in [9.17, 15) is 0 Å². The molecule has 0 radical (unpaired) electrons. The molecule has 0 aliphatic heterocycles. The molecule has 3 aromatic heterocycles. The standard InChI is InChI=1S/C56H36N4/c1-4-16-37(17-5-1)42-32-43(38-18-6-2-7-19-38)34-44(33-42)59-51-26-14-11-22-45(51)47-30-28-41(36-54(47)59)40-29-31-53-49(35-40)46-23-12-15-27-52(46)60(53)56-57-50-25-13-10-24-48(50)55(58-56)39-20-8-3-9-21-39/h1-36H. The molecule has 0 fully saturated rings. The van der Waals surface area contributed by atoms with Gasteiger partial charge in [0, 0.05) is 38.2 Å². The molecule has 0 saturated carbocycles. The topological polar surface area (TPSA) is 35.6 Å². The van der Waals surface area contributed by atoms with Crippen molar-refractivity contribution in [1.82, 2.24) is 19.1 Å². The minimum absolute atomic E-state index is 0.657. The fourth-order valence-electron chi connectivity index (χ4n) is 9.11. The molecule has 12 aromatic rings. The maximum atomic E-state index is 5.29. The van der Waals surface area contributed by atoms with Crippen molar-refractivity contribution in [2.24, 2.45) is 0 Å². The SMILES string of the molecule is c1ccc(-c2cc(-c3ccccc3)cc(-n3c4ccccc4c4ccc(-c5ccc6c(c5)c5ccccc5n6-c5nc(-c6ccccc6)c6ccccc6n5)cc43)c2)cc1. The molecule has 0 atom stereocenters. The maximum Gasteiger partial charge on any atom is 0.235 e. The van der Waals surface area contributed by atoms with Gasteiger partial charge in [0.05, 0.1) is 33.3 Å². The van der Waals surface area contributed by atoms with Gasteiger partial charge in [0.1, 0.15) is 0 Å². The molecule has 0 spiro atoms. The number of fused-ring (bicyclic) bond motifs is 7. The highest BCUT2D eigenvalue weighted by Gasteiger charge is 2.19. The lowest BCUT2D eigenvalue weighted by molar-refractivity contribution is 1.01. The Labute approximate surface area is 346 Å². The van der Waals surface area contributed by atoms with E-state index in [1.54, 1.807) is 0 Å². The van der Waals surface area contributed by atoms with E-state index in [0.29, 0.717) is 5.95 Å². The average Bonchev–Trinajstić information content (AvgIpc) is 3.84. The van der Waals surface area contributed by atoms with Crippen LogP contribution in [-0.2, 0) is 0 Å². The molecule has 0 amide bonds. The smallest absolute Gasteiger partial charge is 0.235 e. The van der Waals surface area contributed by atoms with Gasteiger partial charge in [-0.3, -0.25) is 4.57 Å². The van der Waals surface area contributed by atoms with E-state index in [-0.39, 0.29) is 0 Å². The van der Waals surface area contributed by atoms with Crippen molar-refractivity contribution >= 4 is 54.5 Å². The van der Waals surface area contributed by atoms with Gasteiger partial charge in [-0.2, -0.15) is 0 Å². The summed E-state index contributed by atoms with van der Waals surface area (Å²) in [6, 6.07) is 78.2. The summed E-state index contributed by atoms with van der Waals surface area (Å²) in [6.07, 6.45) is 0. The second-order valence-electron chi connectivity index (χ2n) is 15.4. The Morgan fingerprint density at radius 3 is 1.45 bits per heavy atom. The molecule has 9 aromatic carbocycles. The van der Waals surface area contributed by atoms with Crippen molar-refractivity contribution in [1.29, 1.82) is 0 Å². The van der Waals surface area contributed by atoms with Gasteiger partial charge in [0.15, 0.2) is 0 Å². The highest BCUT2D eigenvalue weighted by molar-refractivity contribution is 6.12. The summed E-state index contributed by atoms with van der Waals surface area (Å²) in [5.74, 6) is 0.657. The Morgan fingerprint density at radius 2 is 0.767 bits per heavy atom. The summed E-state index contributed by atoms with van der Waals surface area (Å²) in [5, 5.41) is 5.81. The first-order chi connectivity index (χ1) is 29.7. The third-order valence-electron chi connectivity index (χ3n) is 11.9. The minimum Gasteiger partial charge on any atom is -0.309 e. The van der Waals surface area contributed by atoms with Crippen molar-refractivity contribution in [3.8, 4) is 56.3 Å². The lowest BCUT2D eigenvalue weighted by atomic mass is 9.98. The number of hydrogen-bond acceptors (Lipinski definition) is 2. The zero-order valence-corrected chi connectivity index (χ0v) is 32.6. The monoisotopic (exact) mass is 764 g/mol. The number of rotatable bonds is 6. The summed E-state index contributed by atoms with van der Waals surface area (Å²) in [4.78, 5) is 10.5. The Hall–Kier alpha value is -8.08. The minimum atomic E-state index is 0.657. The lowest BCUT2D eigenvalue weighted by Gasteiger charge is -2.14. The van der Waals surface area contributed by atoms with E-state index in [4.69, 9.17) is 9.97 Å². The van der Waals surface area contributed by atoms with Crippen LogP contribution in [-0.4, -0.2) is 19.1 Å². The fourth-order valence-corrected chi connectivity index (χ4v) is 9.11. The molecule has 12 rings (SSSR count). The molecule has 3 heterocycles. The van der Waals surface area contributed by atoms with Gasteiger partial charge in [-0.1, -0.05) is 164 Å². The number of hydrogen-bond donors (Lipinski definition) is 0. The van der Waals surface area contributed by atoms with E-state index >= 15 is 0 Å². The van der Waals surface area contributed by atoms with Gasteiger partial charge in [-0.05, 0) is 88.0 Å². The number of benzene rings is 9. The summed E-state index contributed by atoms with van der Waals surface area (Å²) in [7, 11) is 0. The Bertz CT molecular complexity index is 3530. The molecule has 4 heteroatoms. The van der Waals surface area contributed by atoms with E-state index in [2.05, 4.69) is 215 Å². The van der Waals surface area contributed by atoms with Crippen LogP contribution in [0.1, 0.15) is 0 Å². The van der Waals surface area contributed by atoms with Crippen LogP contribution in [0.2, 0.25) is 0 Å². The van der Waals surface area contributed by atoms with Crippen molar-refractivity contribution in [2.75, 3.05) is 0 Å². The summed E-state index contributed by atoms with van der Waals surface area (Å²) >= 11 is 0. The van der Waals surface area contributed by atoms with Crippen LogP contribution in [0.5, 0.6) is 0 Å². The lowest BCUT2D eigenvalue weighted by Crippen LogP contribution is -2.03. The summed E-state index contributed by atoms with van der Waals surface area (Å²) in [5.41, 5.74) is 15.6. The number of para-hydroxylation sites is 3. The van der Waals surface area contributed by atoms with Gasteiger partial charge in [-0.15, -0.1) is 0 Å². The van der Waals surface area contributed by atoms with Crippen LogP contribution in [0.15, 0.2) is 218 Å². The van der Waals surface area contributed by atoms with Crippen LogP contribution >= 0.6 is 0 Å². The average molecular weight is 765 g/mol. The van der Waals surface area contributed by atoms with Crippen molar-refractivity contribution in [3.63, 3.8) is 0 Å². The van der Waals surface area contributed by atoms with Gasteiger partial charge in [0.25, 0.3) is 0 Å². The fraction of sp³-hybridized carbons (Fsp3) is 0. The first-order valence-corrected chi connectivity index (χ1v) is 20.4. The van der Waals surface area contributed by atoms with Gasteiger partial charge >= 0.3 is 0 Å². The molecule has 280 valence electrons. The maximum absolute atomic E-state index is 5.29. The van der Waals surface area contributed by atoms with Crippen LogP contribution in [0.25, 0.3) is 111 Å².